The fourth-order valence-corrected chi connectivity index (χ4v) is 9.59. The summed E-state index contributed by atoms with van der Waals surface area (Å²) in [5.74, 6) is 1.94. The monoisotopic (exact) mass is 759 g/mol. The van der Waals surface area contributed by atoms with Crippen LogP contribution in [0, 0.1) is 0 Å². The van der Waals surface area contributed by atoms with E-state index in [4.69, 9.17) is 15.0 Å². The molecule has 0 aliphatic heterocycles. The van der Waals surface area contributed by atoms with Gasteiger partial charge in [-0.2, -0.15) is 0 Å². The molecule has 13 rings (SSSR count). The lowest BCUT2D eigenvalue weighted by atomic mass is 9.95. The van der Waals surface area contributed by atoms with Gasteiger partial charge < -0.3 is 0 Å². The fourth-order valence-electron chi connectivity index (χ4n) is 9.59. The standard InChI is InChI=1S/C57H33N3/c1-4-12-37-31-52-41(27-34(37)9-1)20-19-40-30-44(23-24-45(40)52)55-58-56(50-17-7-15-46-48(50)25-21-42-28-35-10-2-5-13-38(35)32-53(42)46)60-57(59-55)51-18-8-16-47-49(51)26-22-43-29-36-11-3-6-14-39(36)33-54(43)47/h1-33H. The van der Waals surface area contributed by atoms with Gasteiger partial charge in [-0.05, 0) is 139 Å². The first-order chi connectivity index (χ1) is 29.7. The van der Waals surface area contributed by atoms with Crippen LogP contribution in [0.3, 0.4) is 0 Å². The molecule has 0 bridgehead atoms. The van der Waals surface area contributed by atoms with Crippen molar-refractivity contribution in [2.75, 3.05) is 0 Å². The van der Waals surface area contributed by atoms with E-state index in [1.165, 1.54) is 80.8 Å². The van der Waals surface area contributed by atoms with E-state index in [2.05, 4.69) is 200 Å². The molecule has 0 aliphatic carbocycles. The third-order valence-electron chi connectivity index (χ3n) is 12.6. The highest BCUT2D eigenvalue weighted by atomic mass is 15.0. The minimum atomic E-state index is 0.642. The number of fused-ring (bicyclic) bond motifs is 12. The average Bonchev–Trinajstić information content (AvgIpc) is 3.31. The van der Waals surface area contributed by atoms with Crippen molar-refractivity contribution < 1.29 is 0 Å². The van der Waals surface area contributed by atoms with Gasteiger partial charge in [0.15, 0.2) is 17.5 Å². The zero-order chi connectivity index (χ0) is 39.3. The number of aromatic nitrogens is 3. The summed E-state index contributed by atoms with van der Waals surface area (Å²) in [6.07, 6.45) is 0. The first-order valence-corrected chi connectivity index (χ1v) is 20.5. The summed E-state index contributed by atoms with van der Waals surface area (Å²) in [5.41, 5.74) is 2.90. The Kier molecular flexibility index (Phi) is 7.01. The molecule has 3 nitrogen and oxygen atoms in total. The Balaban J connectivity index is 1.05. The Hall–Kier alpha value is -8.01. The highest BCUT2D eigenvalue weighted by Crippen LogP contribution is 2.39. The van der Waals surface area contributed by atoms with Gasteiger partial charge in [0.05, 0.1) is 0 Å². The molecule has 276 valence electrons. The maximum Gasteiger partial charge on any atom is 0.164 e. The number of benzene rings is 12. The van der Waals surface area contributed by atoms with Crippen LogP contribution < -0.4 is 0 Å². The first kappa shape index (κ1) is 33.0. The van der Waals surface area contributed by atoms with Crippen LogP contribution in [0.5, 0.6) is 0 Å². The predicted molar refractivity (Wildman–Crippen MR) is 254 cm³/mol. The van der Waals surface area contributed by atoms with E-state index >= 15 is 0 Å². The molecule has 60 heavy (non-hydrogen) atoms. The third-order valence-corrected chi connectivity index (χ3v) is 12.6. The van der Waals surface area contributed by atoms with Crippen LogP contribution in [0.1, 0.15) is 0 Å². The van der Waals surface area contributed by atoms with Gasteiger partial charge in [-0.15, -0.1) is 0 Å². The highest BCUT2D eigenvalue weighted by Gasteiger charge is 2.18. The zero-order valence-corrected chi connectivity index (χ0v) is 32.4. The molecule has 3 heteroatoms. The van der Waals surface area contributed by atoms with Gasteiger partial charge in [0.2, 0.25) is 0 Å². The van der Waals surface area contributed by atoms with E-state index in [9.17, 15) is 0 Å². The van der Waals surface area contributed by atoms with Crippen LogP contribution in [-0.4, -0.2) is 15.0 Å². The van der Waals surface area contributed by atoms with Crippen LogP contribution in [0.15, 0.2) is 200 Å². The van der Waals surface area contributed by atoms with Gasteiger partial charge in [-0.3, -0.25) is 0 Å². The fraction of sp³-hybridized carbons (Fsp3) is 0. The number of nitrogens with zero attached hydrogens (tertiary/aromatic N) is 3. The lowest BCUT2D eigenvalue weighted by Crippen LogP contribution is -2.01. The molecule has 0 amide bonds. The molecule has 1 aromatic heterocycles. The van der Waals surface area contributed by atoms with Crippen LogP contribution >= 0.6 is 0 Å². The van der Waals surface area contributed by atoms with Crippen LogP contribution in [0.25, 0.3) is 131 Å². The van der Waals surface area contributed by atoms with Crippen molar-refractivity contribution in [1.29, 1.82) is 0 Å². The topological polar surface area (TPSA) is 38.7 Å². The quantitative estimate of drug-likeness (QED) is 0.133. The summed E-state index contributed by atoms with van der Waals surface area (Å²) < 4.78 is 0. The minimum absolute atomic E-state index is 0.642. The second-order valence-electron chi connectivity index (χ2n) is 16.0. The number of hydrogen-bond acceptors (Lipinski definition) is 3. The maximum absolute atomic E-state index is 5.37. The SMILES string of the molecule is c1ccc2cc3c(ccc4cc(-c5nc(-c6cccc7c6ccc6cc8ccccc8cc67)nc(-c6cccc7c6ccc6cc8ccccc8cc67)n5)ccc43)cc2c1. The Morgan fingerprint density at radius 2 is 0.567 bits per heavy atom. The second-order valence-corrected chi connectivity index (χ2v) is 16.0. The molecule has 0 aliphatic rings. The molecule has 0 saturated heterocycles. The number of hydrogen-bond donors (Lipinski definition) is 0. The smallest absolute Gasteiger partial charge is 0.164 e. The zero-order valence-electron chi connectivity index (χ0n) is 32.4. The van der Waals surface area contributed by atoms with Crippen molar-refractivity contribution in [3.05, 3.63) is 200 Å². The summed E-state index contributed by atoms with van der Waals surface area (Å²) in [7, 11) is 0. The van der Waals surface area contributed by atoms with Crippen molar-refractivity contribution in [2.24, 2.45) is 0 Å². The molecule has 0 saturated carbocycles. The summed E-state index contributed by atoms with van der Waals surface area (Å²) >= 11 is 0. The van der Waals surface area contributed by atoms with Crippen molar-refractivity contribution in [2.45, 2.75) is 0 Å². The van der Waals surface area contributed by atoms with E-state index in [-0.39, 0.29) is 0 Å². The highest BCUT2D eigenvalue weighted by molar-refractivity contribution is 6.17. The van der Waals surface area contributed by atoms with Crippen LogP contribution in [-0.2, 0) is 0 Å². The Morgan fingerprint density at radius 1 is 0.200 bits per heavy atom. The largest absolute Gasteiger partial charge is 0.208 e. The molecule has 0 atom stereocenters. The van der Waals surface area contributed by atoms with Crippen molar-refractivity contribution in [1.82, 2.24) is 15.0 Å². The molecule has 12 aromatic carbocycles. The van der Waals surface area contributed by atoms with E-state index in [0.29, 0.717) is 17.5 Å². The first-order valence-electron chi connectivity index (χ1n) is 20.5. The summed E-state index contributed by atoms with van der Waals surface area (Å²) in [6.45, 7) is 0. The molecule has 0 radical (unpaired) electrons. The van der Waals surface area contributed by atoms with Crippen LogP contribution in [0.4, 0.5) is 0 Å². The lowest BCUT2D eigenvalue weighted by molar-refractivity contribution is 1.08. The van der Waals surface area contributed by atoms with Gasteiger partial charge in [0.25, 0.3) is 0 Å². The summed E-state index contributed by atoms with van der Waals surface area (Å²) in [5, 5.41) is 21.6. The lowest BCUT2D eigenvalue weighted by Gasteiger charge is -2.14. The molecule has 0 fully saturated rings. The number of rotatable bonds is 3. The van der Waals surface area contributed by atoms with E-state index in [1.807, 2.05) is 0 Å². The van der Waals surface area contributed by atoms with Crippen LogP contribution in [0.2, 0.25) is 0 Å². The molecular formula is C57H33N3. The van der Waals surface area contributed by atoms with Gasteiger partial charge in [-0.1, -0.05) is 158 Å². The van der Waals surface area contributed by atoms with Gasteiger partial charge in [-0.25, -0.2) is 15.0 Å². The minimum Gasteiger partial charge on any atom is -0.208 e. The normalized spacial score (nSPS) is 12.0. The molecule has 0 spiro atoms. The predicted octanol–water partition coefficient (Wildman–Crippen LogP) is 15.3. The van der Waals surface area contributed by atoms with Gasteiger partial charge in [0, 0.05) is 16.7 Å². The molecular weight excluding hydrogens is 727 g/mol. The average molecular weight is 760 g/mol. The Labute approximate surface area is 344 Å². The van der Waals surface area contributed by atoms with E-state index in [0.717, 1.165) is 32.8 Å². The van der Waals surface area contributed by atoms with E-state index < -0.39 is 0 Å². The van der Waals surface area contributed by atoms with Gasteiger partial charge >= 0.3 is 0 Å². The van der Waals surface area contributed by atoms with Crippen molar-refractivity contribution in [3.63, 3.8) is 0 Å². The molecule has 0 unspecified atom stereocenters. The summed E-state index contributed by atoms with van der Waals surface area (Å²) in [4.78, 5) is 16.0. The van der Waals surface area contributed by atoms with Gasteiger partial charge in [0.1, 0.15) is 0 Å². The van der Waals surface area contributed by atoms with Crippen molar-refractivity contribution in [3.8, 4) is 34.2 Å². The Bertz CT molecular complexity index is 3780. The van der Waals surface area contributed by atoms with E-state index in [1.54, 1.807) is 0 Å². The summed E-state index contributed by atoms with van der Waals surface area (Å²) in [6, 6.07) is 72.5. The Morgan fingerprint density at radius 3 is 1.03 bits per heavy atom. The maximum atomic E-state index is 5.37. The molecule has 1 heterocycles. The third kappa shape index (κ3) is 5.13. The molecule has 0 N–H and O–H groups in total. The molecule has 13 aromatic rings. The second kappa shape index (κ2) is 12.7. The van der Waals surface area contributed by atoms with Crippen molar-refractivity contribution >= 4 is 97.0 Å².